The third kappa shape index (κ3) is 2.86. The number of ether oxygens (including phenoxy) is 2. The van der Waals surface area contributed by atoms with Gasteiger partial charge in [0.2, 0.25) is 5.90 Å². The maximum Gasteiger partial charge on any atom is 0.573 e. The second-order valence-corrected chi connectivity index (χ2v) is 5.92. The van der Waals surface area contributed by atoms with Crippen LogP contribution in [0.3, 0.4) is 0 Å². The number of halogens is 3. The van der Waals surface area contributed by atoms with E-state index in [2.05, 4.69) is 14.7 Å². The van der Waals surface area contributed by atoms with E-state index >= 15 is 0 Å². The molecule has 1 heterocycles. The average molecular weight is 341 g/mol. The van der Waals surface area contributed by atoms with Gasteiger partial charge in [-0.3, -0.25) is 10.7 Å². The van der Waals surface area contributed by atoms with Gasteiger partial charge in [0.15, 0.2) is 6.29 Å². The van der Waals surface area contributed by atoms with Crippen LogP contribution in [-0.4, -0.2) is 31.4 Å². The Balaban J connectivity index is 2.03. The lowest BCUT2D eigenvalue weighted by Crippen LogP contribution is -2.49. The average Bonchev–Trinajstić information content (AvgIpc) is 3.31. The van der Waals surface area contributed by atoms with Crippen molar-refractivity contribution in [3.63, 3.8) is 0 Å². The van der Waals surface area contributed by atoms with Crippen LogP contribution in [0.15, 0.2) is 34.3 Å². The van der Waals surface area contributed by atoms with Gasteiger partial charge in [-0.15, -0.1) is 13.2 Å². The summed E-state index contributed by atoms with van der Waals surface area (Å²) in [6, 6.07) is 5.79. The smallest absolute Gasteiger partial charge is 0.483 e. The molecule has 24 heavy (non-hydrogen) atoms. The maximum atomic E-state index is 12.3. The molecule has 1 aromatic carbocycles. The fourth-order valence-electron chi connectivity index (χ4n) is 3.39. The van der Waals surface area contributed by atoms with Gasteiger partial charge in [0.05, 0.1) is 7.11 Å². The molecule has 3 rings (SSSR count). The Morgan fingerprint density at radius 3 is 2.29 bits per heavy atom. The molecule has 0 amide bonds. The molecule has 0 radical (unpaired) electrons. The summed E-state index contributed by atoms with van der Waals surface area (Å²) in [7, 11) is 1.52. The van der Waals surface area contributed by atoms with E-state index in [9.17, 15) is 13.2 Å². The Hall–Kier alpha value is -2.09. The molecule has 130 valence electrons. The number of hydrogen-bond donors (Lipinski definition) is 1. The van der Waals surface area contributed by atoms with Crippen molar-refractivity contribution in [1.82, 2.24) is 0 Å². The molecule has 1 saturated carbocycles. The van der Waals surface area contributed by atoms with Gasteiger partial charge >= 0.3 is 6.36 Å². The van der Waals surface area contributed by atoms with Crippen molar-refractivity contribution >= 4 is 11.6 Å². The molecule has 0 saturated heterocycles. The summed E-state index contributed by atoms with van der Waals surface area (Å²) in [5, 5.41) is 0. The molecule has 2 aliphatic rings. The van der Waals surface area contributed by atoms with Gasteiger partial charge in [-0.2, -0.15) is 0 Å². The van der Waals surface area contributed by atoms with E-state index in [0.29, 0.717) is 5.90 Å². The summed E-state index contributed by atoms with van der Waals surface area (Å²) in [6.07, 6.45) is -3.51. The van der Waals surface area contributed by atoms with Crippen molar-refractivity contribution in [2.75, 3.05) is 7.11 Å². The Kier molecular flexibility index (Phi) is 4.03. The molecular formula is C16H18F3N3O2. The lowest BCUT2D eigenvalue weighted by Gasteiger charge is -2.37. The van der Waals surface area contributed by atoms with Crippen LogP contribution in [0.2, 0.25) is 0 Å². The third-order valence-electron chi connectivity index (χ3n) is 4.41. The van der Waals surface area contributed by atoms with Gasteiger partial charge in [-0.1, -0.05) is 12.1 Å². The summed E-state index contributed by atoms with van der Waals surface area (Å²) in [5.41, 5.74) is 6.65. The van der Waals surface area contributed by atoms with Crippen molar-refractivity contribution in [2.45, 2.75) is 37.8 Å². The number of nitrogens with two attached hydrogens (primary N) is 1. The Labute approximate surface area is 137 Å². The molecule has 0 spiro atoms. The van der Waals surface area contributed by atoms with Gasteiger partial charge in [-0.25, -0.2) is 4.99 Å². The van der Waals surface area contributed by atoms with Crippen LogP contribution in [0.5, 0.6) is 5.75 Å². The number of alkyl halides is 3. The molecule has 8 heteroatoms. The first-order valence-corrected chi connectivity index (χ1v) is 7.56. The SMILES string of the molecule is COC1=NC(N)N=C(C)C1(c1ccc(OC(F)(F)F)cc1)C1CC1. The molecular weight excluding hydrogens is 323 g/mol. The quantitative estimate of drug-likeness (QED) is 0.919. The highest BCUT2D eigenvalue weighted by molar-refractivity contribution is 6.15. The highest BCUT2D eigenvalue weighted by atomic mass is 19.4. The Morgan fingerprint density at radius 1 is 1.17 bits per heavy atom. The van der Waals surface area contributed by atoms with Gasteiger partial charge < -0.3 is 9.47 Å². The number of hydrogen-bond acceptors (Lipinski definition) is 5. The lowest BCUT2D eigenvalue weighted by atomic mass is 9.71. The second-order valence-electron chi connectivity index (χ2n) is 5.92. The minimum absolute atomic E-state index is 0.238. The van der Waals surface area contributed by atoms with Gasteiger partial charge in [0.1, 0.15) is 11.2 Å². The number of aliphatic imine (C=N–C) groups is 2. The van der Waals surface area contributed by atoms with E-state index in [4.69, 9.17) is 10.5 Å². The number of methoxy groups -OCH3 is 1. The first-order chi connectivity index (χ1) is 11.3. The second kappa shape index (κ2) is 5.77. The zero-order valence-corrected chi connectivity index (χ0v) is 13.3. The van der Waals surface area contributed by atoms with E-state index in [-0.39, 0.29) is 11.7 Å². The molecule has 1 aliphatic heterocycles. The van der Waals surface area contributed by atoms with E-state index in [0.717, 1.165) is 24.1 Å². The van der Waals surface area contributed by atoms with Crippen LogP contribution in [0.4, 0.5) is 13.2 Å². The summed E-state index contributed by atoms with van der Waals surface area (Å²) >= 11 is 0. The third-order valence-corrected chi connectivity index (χ3v) is 4.41. The van der Waals surface area contributed by atoms with Gasteiger partial charge in [0.25, 0.3) is 0 Å². The van der Waals surface area contributed by atoms with E-state index in [1.165, 1.54) is 19.2 Å². The molecule has 2 N–H and O–H groups in total. The molecule has 2 unspecified atom stereocenters. The van der Waals surface area contributed by atoms with Crippen LogP contribution < -0.4 is 10.5 Å². The molecule has 1 fully saturated rings. The van der Waals surface area contributed by atoms with E-state index in [1.54, 1.807) is 12.1 Å². The fourth-order valence-corrected chi connectivity index (χ4v) is 3.39. The summed E-state index contributed by atoms with van der Waals surface area (Å²) < 4.78 is 46.4. The largest absolute Gasteiger partial charge is 0.573 e. The zero-order chi connectivity index (χ0) is 17.5. The van der Waals surface area contributed by atoms with Crippen molar-refractivity contribution in [3.05, 3.63) is 29.8 Å². The summed E-state index contributed by atoms with van der Waals surface area (Å²) in [5.74, 6) is 0.423. The molecule has 0 bridgehead atoms. The van der Waals surface area contributed by atoms with Crippen molar-refractivity contribution in [2.24, 2.45) is 21.6 Å². The normalized spacial score (nSPS) is 27.3. The minimum Gasteiger partial charge on any atom is -0.483 e. The molecule has 1 aromatic rings. The van der Waals surface area contributed by atoms with Crippen LogP contribution >= 0.6 is 0 Å². The summed E-state index contributed by atoms with van der Waals surface area (Å²) in [4.78, 5) is 8.67. The van der Waals surface area contributed by atoms with Crippen LogP contribution in [-0.2, 0) is 10.2 Å². The van der Waals surface area contributed by atoms with Gasteiger partial charge in [-0.05, 0) is 43.4 Å². The zero-order valence-electron chi connectivity index (χ0n) is 13.3. The van der Waals surface area contributed by atoms with E-state index < -0.39 is 18.1 Å². The topological polar surface area (TPSA) is 69.2 Å². The fraction of sp³-hybridized carbons (Fsp3) is 0.500. The first kappa shape index (κ1) is 16.8. The maximum absolute atomic E-state index is 12.3. The number of nitrogens with zero attached hydrogens (tertiary/aromatic N) is 2. The Bertz CT molecular complexity index is 681. The highest BCUT2D eigenvalue weighted by Crippen LogP contribution is 2.51. The molecule has 2 atom stereocenters. The number of benzene rings is 1. The molecule has 0 aromatic heterocycles. The first-order valence-electron chi connectivity index (χ1n) is 7.56. The highest BCUT2D eigenvalue weighted by Gasteiger charge is 2.55. The summed E-state index contributed by atoms with van der Waals surface area (Å²) in [6.45, 7) is 1.85. The van der Waals surface area contributed by atoms with Crippen LogP contribution in [0.1, 0.15) is 25.3 Å². The van der Waals surface area contributed by atoms with Gasteiger partial charge in [0, 0.05) is 5.71 Å². The lowest BCUT2D eigenvalue weighted by molar-refractivity contribution is -0.274. The Morgan fingerprint density at radius 2 is 1.79 bits per heavy atom. The molecule has 5 nitrogen and oxygen atoms in total. The van der Waals surface area contributed by atoms with E-state index in [1.807, 2.05) is 6.92 Å². The van der Waals surface area contributed by atoms with Crippen LogP contribution in [0, 0.1) is 5.92 Å². The number of rotatable bonds is 3. The monoisotopic (exact) mass is 341 g/mol. The standard InChI is InChI=1S/C16H18F3N3O2/c1-9-15(10-3-4-10,13(23-2)22-14(20)21-9)11-5-7-12(8-6-11)24-16(17,18)19/h5-8,10,14H,3-4,20H2,1-2H3. The van der Waals surface area contributed by atoms with Crippen LogP contribution in [0.25, 0.3) is 0 Å². The minimum atomic E-state index is -4.72. The van der Waals surface area contributed by atoms with Crippen molar-refractivity contribution in [3.8, 4) is 5.75 Å². The predicted octanol–water partition coefficient (Wildman–Crippen LogP) is 2.99. The van der Waals surface area contributed by atoms with Crippen molar-refractivity contribution < 1.29 is 22.6 Å². The predicted molar refractivity (Wildman–Crippen MR) is 83.1 cm³/mol. The molecule has 1 aliphatic carbocycles. The van der Waals surface area contributed by atoms with Crippen molar-refractivity contribution in [1.29, 1.82) is 0 Å².